The summed E-state index contributed by atoms with van der Waals surface area (Å²) in [4.78, 5) is 4.09. The second kappa shape index (κ2) is 4.53. The van der Waals surface area contributed by atoms with E-state index in [9.17, 15) is 0 Å². The lowest BCUT2D eigenvalue weighted by molar-refractivity contribution is 0.0583. The number of rotatable bonds is 2. The lowest BCUT2D eigenvalue weighted by Gasteiger charge is -2.27. The summed E-state index contributed by atoms with van der Waals surface area (Å²) in [5.41, 5.74) is 7.31. The SMILES string of the molecule is N[C@H](c1cccnc1)C1CCOCC1. The Morgan fingerprint density at radius 2 is 2.21 bits per heavy atom. The lowest BCUT2D eigenvalue weighted by Crippen LogP contribution is -2.27. The average molecular weight is 192 g/mol. The molecule has 0 amide bonds. The van der Waals surface area contributed by atoms with E-state index in [1.54, 1.807) is 6.20 Å². The molecule has 0 aromatic carbocycles. The highest BCUT2D eigenvalue weighted by Gasteiger charge is 2.21. The van der Waals surface area contributed by atoms with Gasteiger partial charge in [0.1, 0.15) is 0 Å². The Balaban J connectivity index is 2.03. The molecule has 76 valence electrons. The molecule has 2 rings (SSSR count). The number of nitrogens with zero attached hydrogens (tertiary/aromatic N) is 1. The molecule has 1 atom stereocenters. The molecule has 1 aromatic heterocycles. The highest BCUT2D eigenvalue weighted by atomic mass is 16.5. The topological polar surface area (TPSA) is 48.1 Å². The van der Waals surface area contributed by atoms with Crippen LogP contribution in [0.2, 0.25) is 0 Å². The molecule has 3 heteroatoms. The van der Waals surface area contributed by atoms with E-state index in [2.05, 4.69) is 4.98 Å². The van der Waals surface area contributed by atoms with Crippen molar-refractivity contribution >= 4 is 0 Å². The maximum atomic E-state index is 6.17. The summed E-state index contributed by atoms with van der Waals surface area (Å²) < 4.78 is 5.31. The highest BCUT2D eigenvalue weighted by Crippen LogP contribution is 2.27. The molecule has 0 saturated carbocycles. The Labute approximate surface area is 84.3 Å². The molecule has 1 aliphatic heterocycles. The van der Waals surface area contributed by atoms with Gasteiger partial charge in [0.2, 0.25) is 0 Å². The highest BCUT2D eigenvalue weighted by molar-refractivity contribution is 5.14. The Morgan fingerprint density at radius 3 is 2.86 bits per heavy atom. The number of hydrogen-bond acceptors (Lipinski definition) is 3. The van der Waals surface area contributed by atoms with Gasteiger partial charge in [-0.1, -0.05) is 6.07 Å². The van der Waals surface area contributed by atoms with Crippen molar-refractivity contribution in [2.45, 2.75) is 18.9 Å². The summed E-state index contributed by atoms with van der Waals surface area (Å²) >= 11 is 0. The first-order chi connectivity index (χ1) is 6.88. The van der Waals surface area contributed by atoms with Gasteiger partial charge in [-0.25, -0.2) is 0 Å². The van der Waals surface area contributed by atoms with Crippen molar-refractivity contribution < 1.29 is 4.74 Å². The van der Waals surface area contributed by atoms with Crippen LogP contribution in [0.1, 0.15) is 24.4 Å². The second-order valence-electron chi connectivity index (χ2n) is 3.76. The summed E-state index contributed by atoms with van der Waals surface area (Å²) in [6.07, 6.45) is 5.77. The van der Waals surface area contributed by atoms with Gasteiger partial charge >= 0.3 is 0 Å². The molecule has 0 bridgehead atoms. The van der Waals surface area contributed by atoms with Gasteiger partial charge in [0.15, 0.2) is 0 Å². The number of aromatic nitrogens is 1. The van der Waals surface area contributed by atoms with E-state index in [1.165, 1.54) is 0 Å². The van der Waals surface area contributed by atoms with Crippen LogP contribution < -0.4 is 5.73 Å². The second-order valence-corrected chi connectivity index (χ2v) is 3.76. The fourth-order valence-electron chi connectivity index (χ4n) is 1.92. The van der Waals surface area contributed by atoms with E-state index in [4.69, 9.17) is 10.5 Å². The van der Waals surface area contributed by atoms with Crippen molar-refractivity contribution in [3.63, 3.8) is 0 Å². The third kappa shape index (κ3) is 2.11. The Hall–Kier alpha value is -0.930. The minimum Gasteiger partial charge on any atom is -0.381 e. The molecule has 1 fully saturated rings. The van der Waals surface area contributed by atoms with Crippen molar-refractivity contribution in [2.24, 2.45) is 11.7 Å². The zero-order chi connectivity index (χ0) is 9.80. The molecule has 1 aliphatic rings. The van der Waals surface area contributed by atoms with Crippen molar-refractivity contribution in [2.75, 3.05) is 13.2 Å². The van der Waals surface area contributed by atoms with Crippen LogP contribution in [0.25, 0.3) is 0 Å². The van der Waals surface area contributed by atoms with Gasteiger partial charge in [-0.15, -0.1) is 0 Å². The first-order valence-electron chi connectivity index (χ1n) is 5.11. The van der Waals surface area contributed by atoms with Gasteiger partial charge < -0.3 is 10.5 Å². The van der Waals surface area contributed by atoms with Crippen molar-refractivity contribution in [1.29, 1.82) is 0 Å². The van der Waals surface area contributed by atoms with Crippen LogP contribution in [0.4, 0.5) is 0 Å². The molecule has 1 aromatic rings. The first kappa shape index (κ1) is 9.62. The van der Waals surface area contributed by atoms with Crippen LogP contribution in [0.5, 0.6) is 0 Å². The number of nitrogens with two attached hydrogens (primary N) is 1. The minimum absolute atomic E-state index is 0.118. The maximum Gasteiger partial charge on any atom is 0.0469 e. The molecule has 0 spiro atoms. The number of ether oxygens (including phenoxy) is 1. The van der Waals surface area contributed by atoms with E-state index >= 15 is 0 Å². The van der Waals surface area contributed by atoms with E-state index in [-0.39, 0.29) is 6.04 Å². The van der Waals surface area contributed by atoms with Crippen LogP contribution in [0.3, 0.4) is 0 Å². The lowest BCUT2D eigenvalue weighted by atomic mass is 9.88. The molecule has 1 saturated heterocycles. The van der Waals surface area contributed by atoms with Crippen molar-refractivity contribution in [3.05, 3.63) is 30.1 Å². The molecule has 2 heterocycles. The number of pyridine rings is 1. The first-order valence-corrected chi connectivity index (χ1v) is 5.11. The maximum absolute atomic E-state index is 6.17. The number of hydrogen-bond donors (Lipinski definition) is 1. The fourth-order valence-corrected chi connectivity index (χ4v) is 1.92. The summed E-state index contributed by atoms with van der Waals surface area (Å²) in [6, 6.07) is 4.11. The molecular weight excluding hydrogens is 176 g/mol. The zero-order valence-corrected chi connectivity index (χ0v) is 8.23. The Bertz CT molecular complexity index is 270. The standard InChI is InChI=1S/C11H16N2O/c12-11(9-3-6-14-7-4-9)10-2-1-5-13-8-10/h1-2,5,8-9,11H,3-4,6-7,12H2/t11-/m0/s1. The largest absolute Gasteiger partial charge is 0.381 e. The minimum atomic E-state index is 0.118. The van der Waals surface area contributed by atoms with E-state index < -0.39 is 0 Å². The molecule has 2 N–H and O–H groups in total. The van der Waals surface area contributed by atoms with Gasteiger partial charge in [0.25, 0.3) is 0 Å². The van der Waals surface area contributed by atoms with Gasteiger partial charge in [-0.2, -0.15) is 0 Å². The summed E-state index contributed by atoms with van der Waals surface area (Å²) in [7, 11) is 0. The monoisotopic (exact) mass is 192 g/mol. The predicted octanol–water partition coefficient (Wildman–Crippen LogP) is 1.51. The van der Waals surface area contributed by atoms with E-state index in [0.29, 0.717) is 5.92 Å². The summed E-state index contributed by atoms with van der Waals surface area (Å²) in [5, 5.41) is 0. The fraction of sp³-hybridized carbons (Fsp3) is 0.545. The van der Waals surface area contributed by atoms with Gasteiger partial charge in [0, 0.05) is 31.6 Å². The van der Waals surface area contributed by atoms with Crippen molar-refractivity contribution in [3.8, 4) is 0 Å². The third-order valence-electron chi connectivity index (χ3n) is 2.84. The molecule has 0 unspecified atom stereocenters. The van der Waals surface area contributed by atoms with Gasteiger partial charge in [0.05, 0.1) is 0 Å². The van der Waals surface area contributed by atoms with Gasteiger partial charge in [-0.3, -0.25) is 4.98 Å². The molecule has 14 heavy (non-hydrogen) atoms. The van der Waals surface area contributed by atoms with Crippen LogP contribution in [0, 0.1) is 5.92 Å². The normalized spacial score (nSPS) is 20.6. The smallest absolute Gasteiger partial charge is 0.0469 e. The molecular formula is C11H16N2O. The summed E-state index contributed by atoms with van der Waals surface area (Å²) in [6.45, 7) is 1.69. The van der Waals surface area contributed by atoms with Crippen LogP contribution in [-0.4, -0.2) is 18.2 Å². The quantitative estimate of drug-likeness (QED) is 0.772. The third-order valence-corrected chi connectivity index (χ3v) is 2.84. The summed E-state index contributed by atoms with van der Waals surface area (Å²) in [5.74, 6) is 0.549. The van der Waals surface area contributed by atoms with Crippen LogP contribution in [-0.2, 0) is 4.74 Å². The van der Waals surface area contributed by atoms with Crippen molar-refractivity contribution in [1.82, 2.24) is 4.98 Å². The molecule has 0 aliphatic carbocycles. The zero-order valence-electron chi connectivity index (χ0n) is 8.23. The Kier molecular flexibility index (Phi) is 3.11. The average Bonchev–Trinajstić information content (AvgIpc) is 2.30. The van der Waals surface area contributed by atoms with Gasteiger partial charge in [-0.05, 0) is 30.4 Å². The molecule has 0 radical (unpaired) electrons. The Morgan fingerprint density at radius 1 is 1.43 bits per heavy atom. The van der Waals surface area contributed by atoms with Crippen LogP contribution in [0.15, 0.2) is 24.5 Å². The van der Waals surface area contributed by atoms with E-state index in [0.717, 1.165) is 31.6 Å². The predicted molar refractivity (Wildman–Crippen MR) is 54.7 cm³/mol. The van der Waals surface area contributed by atoms with E-state index in [1.807, 2.05) is 18.3 Å². The molecule has 3 nitrogen and oxygen atoms in total. The van der Waals surface area contributed by atoms with Crippen LogP contribution >= 0.6 is 0 Å².